The van der Waals surface area contributed by atoms with Gasteiger partial charge in [-0.1, -0.05) is 24.4 Å². The monoisotopic (exact) mass is 256 g/mol. The summed E-state index contributed by atoms with van der Waals surface area (Å²) in [6, 6.07) is 0. The summed E-state index contributed by atoms with van der Waals surface area (Å²) < 4.78 is 1.16. The average molecular weight is 257 g/mol. The molecule has 1 saturated carbocycles. The highest BCUT2D eigenvalue weighted by Crippen LogP contribution is 2.25. The highest BCUT2D eigenvalue weighted by Gasteiger charge is 2.23. The van der Waals surface area contributed by atoms with Crippen LogP contribution in [0.2, 0.25) is 5.02 Å². The Balaban J connectivity index is 2.18. The number of hydrogen-bond acceptors (Lipinski definition) is 3. The van der Waals surface area contributed by atoms with Gasteiger partial charge >= 0.3 is 5.69 Å². The molecule has 0 amide bonds. The van der Waals surface area contributed by atoms with E-state index in [0.29, 0.717) is 0 Å². The summed E-state index contributed by atoms with van der Waals surface area (Å²) in [4.78, 5) is 36.4. The van der Waals surface area contributed by atoms with Crippen molar-refractivity contribution < 1.29 is 4.79 Å². The summed E-state index contributed by atoms with van der Waals surface area (Å²) >= 11 is 5.61. The number of nitrogens with zero attached hydrogens (tertiary/aromatic N) is 1. The van der Waals surface area contributed by atoms with Gasteiger partial charge in [0.2, 0.25) is 0 Å². The van der Waals surface area contributed by atoms with Crippen LogP contribution in [0.5, 0.6) is 0 Å². The number of aromatic amines is 1. The molecule has 1 N–H and O–H groups in total. The van der Waals surface area contributed by atoms with E-state index in [0.717, 1.165) is 30.3 Å². The fourth-order valence-electron chi connectivity index (χ4n) is 2.14. The summed E-state index contributed by atoms with van der Waals surface area (Å²) in [7, 11) is 0. The molecule has 2 rings (SSSR count). The molecule has 5 nitrogen and oxygen atoms in total. The molecule has 0 atom stereocenters. The highest BCUT2D eigenvalue weighted by atomic mass is 35.5. The van der Waals surface area contributed by atoms with Gasteiger partial charge < -0.3 is 0 Å². The van der Waals surface area contributed by atoms with Crippen LogP contribution in [0, 0.1) is 5.92 Å². The number of ketones is 1. The van der Waals surface area contributed by atoms with E-state index in [1.807, 2.05) is 0 Å². The normalized spacial score (nSPS) is 16.3. The Labute approximate surface area is 102 Å². The van der Waals surface area contributed by atoms with Crippen molar-refractivity contribution in [2.75, 3.05) is 0 Å². The zero-order chi connectivity index (χ0) is 12.4. The molecule has 1 aromatic heterocycles. The van der Waals surface area contributed by atoms with E-state index in [1.165, 1.54) is 6.20 Å². The Morgan fingerprint density at radius 3 is 2.71 bits per heavy atom. The molecule has 1 fully saturated rings. The number of carbonyl (C=O) groups is 1. The van der Waals surface area contributed by atoms with Gasteiger partial charge in [-0.05, 0) is 12.8 Å². The van der Waals surface area contributed by atoms with E-state index < -0.39 is 11.2 Å². The molecule has 0 saturated heterocycles. The highest BCUT2D eigenvalue weighted by molar-refractivity contribution is 6.30. The molecule has 0 unspecified atom stereocenters. The SMILES string of the molecule is O=C(Cn1cc(Cl)c(=O)[nH]c1=O)C1CCCC1. The Kier molecular flexibility index (Phi) is 3.47. The first-order valence-electron chi connectivity index (χ1n) is 5.60. The van der Waals surface area contributed by atoms with E-state index in [-0.39, 0.29) is 23.3 Å². The molecule has 1 aliphatic rings. The third kappa shape index (κ3) is 2.66. The maximum atomic E-state index is 11.9. The number of rotatable bonds is 3. The van der Waals surface area contributed by atoms with Gasteiger partial charge in [-0.25, -0.2) is 4.79 Å². The second-order valence-electron chi connectivity index (χ2n) is 4.31. The molecule has 1 aliphatic carbocycles. The molecule has 1 heterocycles. The lowest BCUT2D eigenvalue weighted by molar-refractivity contribution is -0.123. The molecule has 1 aromatic rings. The van der Waals surface area contributed by atoms with Gasteiger partial charge in [0.15, 0.2) is 5.78 Å². The predicted molar refractivity (Wildman–Crippen MR) is 63.3 cm³/mol. The van der Waals surface area contributed by atoms with E-state index in [1.54, 1.807) is 0 Å². The number of Topliss-reactive ketones (excluding diaryl/α,β-unsaturated/α-hetero) is 1. The molecule has 0 aromatic carbocycles. The van der Waals surface area contributed by atoms with Gasteiger partial charge in [-0.3, -0.25) is 19.1 Å². The van der Waals surface area contributed by atoms with Crippen LogP contribution in [-0.4, -0.2) is 15.3 Å². The van der Waals surface area contributed by atoms with Crippen LogP contribution in [0.1, 0.15) is 25.7 Å². The maximum Gasteiger partial charge on any atom is 0.328 e. The molecule has 0 aliphatic heterocycles. The molecule has 0 spiro atoms. The minimum Gasteiger partial charge on any atom is -0.297 e. The molecular weight excluding hydrogens is 244 g/mol. The Bertz CT molecular complexity index is 540. The van der Waals surface area contributed by atoms with Crippen molar-refractivity contribution in [3.05, 3.63) is 32.1 Å². The quantitative estimate of drug-likeness (QED) is 0.875. The van der Waals surface area contributed by atoms with Crippen LogP contribution in [0.4, 0.5) is 0 Å². The lowest BCUT2D eigenvalue weighted by atomic mass is 10.0. The largest absolute Gasteiger partial charge is 0.328 e. The van der Waals surface area contributed by atoms with Crippen molar-refractivity contribution in [1.29, 1.82) is 0 Å². The van der Waals surface area contributed by atoms with Crippen molar-refractivity contribution in [3.8, 4) is 0 Å². The topological polar surface area (TPSA) is 71.9 Å². The van der Waals surface area contributed by atoms with Crippen molar-refractivity contribution >= 4 is 17.4 Å². The predicted octanol–water partition coefficient (Wildman–Crippen LogP) is 0.949. The Morgan fingerprint density at radius 1 is 1.41 bits per heavy atom. The molecule has 0 radical (unpaired) electrons. The summed E-state index contributed by atoms with van der Waals surface area (Å²) in [5, 5.41) is -0.0798. The number of halogens is 1. The van der Waals surface area contributed by atoms with Gasteiger partial charge in [-0.15, -0.1) is 0 Å². The number of hydrogen-bond donors (Lipinski definition) is 1. The molecule has 6 heteroatoms. The first-order chi connectivity index (χ1) is 8.08. The minimum absolute atomic E-state index is 0.0139. The van der Waals surface area contributed by atoms with Crippen molar-refractivity contribution in [1.82, 2.24) is 9.55 Å². The van der Waals surface area contributed by atoms with Crippen LogP contribution >= 0.6 is 11.6 Å². The van der Waals surface area contributed by atoms with E-state index in [4.69, 9.17) is 11.6 Å². The summed E-state index contributed by atoms with van der Waals surface area (Å²) in [6.07, 6.45) is 5.14. The van der Waals surface area contributed by atoms with Crippen molar-refractivity contribution in [3.63, 3.8) is 0 Å². The lowest BCUT2D eigenvalue weighted by Crippen LogP contribution is -2.33. The molecule has 92 valence electrons. The average Bonchev–Trinajstić information content (AvgIpc) is 2.79. The maximum absolute atomic E-state index is 11.9. The molecule has 0 bridgehead atoms. The molecular formula is C11H13ClN2O3. The third-order valence-corrected chi connectivity index (χ3v) is 3.37. The lowest BCUT2D eigenvalue weighted by Gasteiger charge is -2.09. The first-order valence-corrected chi connectivity index (χ1v) is 5.97. The first kappa shape index (κ1) is 12.1. The van der Waals surface area contributed by atoms with Crippen LogP contribution < -0.4 is 11.2 Å². The van der Waals surface area contributed by atoms with Gasteiger partial charge in [0.25, 0.3) is 5.56 Å². The summed E-state index contributed by atoms with van der Waals surface area (Å²) in [6.45, 7) is -0.0139. The Hall–Kier alpha value is -1.36. The third-order valence-electron chi connectivity index (χ3n) is 3.10. The van der Waals surface area contributed by atoms with Crippen LogP contribution in [0.15, 0.2) is 15.8 Å². The zero-order valence-corrected chi connectivity index (χ0v) is 10.00. The van der Waals surface area contributed by atoms with Crippen LogP contribution in [0.3, 0.4) is 0 Å². The van der Waals surface area contributed by atoms with E-state index in [2.05, 4.69) is 4.98 Å². The van der Waals surface area contributed by atoms with Gasteiger partial charge in [-0.2, -0.15) is 0 Å². The standard InChI is InChI=1S/C11H13ClN2O3/c12-8-5-14(11(17)13-10(8)16)6-9(15)7-3-1-2-4-7/h5,7H,1-4,6H2,(H,13,16,17). The smallest absolute Gasteiger partial charge is 0.297 e. The van der Waals surface area contributed by atoms with E-state index in [9.17, 15) is 14.4 Å². The van der Waals surface area contributed by atoms with Crippen LogP contribution in [0.25, 0.3) is 0 Å². The van der Waals surface area contributed by atoms with Gasteiger partial charge in [0, 0.05) is 12.1 Å². The van der Waals surface area contributed by atoms with Crippen LogP contribution in [-0.2, 0) is 11.3 Å². The second kappa shape index (κ2) is 4.87. The second-order valence-corrected chi connectivity index (χ2v) is 4.72. The van der Waals surface area contributed by atoms with E-state index >= 15 is 0 Å². The van der Waals surface area contributed by atoms with Gasteiger partial charge in [0.1, 0.15) is 5.02 Å². The number of carbonyl (C=O) groups excluding carboxylic acids is 1. The van der Waals surface area contributed by atoms with Crippen molar-refractivity contribution in [2.24, 2.45) is 5.92 Å². The minimum atomic E-state index is -0.624. The summed E-state index contributed by atoms with van der Waals surface area (Å²) in [5.74, 6) is 0.0836. The summed E-state index contributed by atoms with van der Waals surface area (Å²) in [5.41, 5.74) is -1.22. The van der Waals surface area contributed by atoms with Gasteiger partial charge in [0.05, 0.1) is 6.54 Å². The fourth-order valence-corrected chi connectivity index (χ4v) is 2.31. The number of H-pyrrole nitrogens is 1. The number of aromatic nitrogens is 2. The van der Waals surface area contributed by atoms with Crippen molar-refractivity contribution in [2.45, 2.75) is 32.2 Å². The number of nitrogens with one attached hydrogen (secondary N) is 1. The molecule has 17 heavy (non-hydrogen) atoms. The zero-order valence-electron chi connectivity index (χ0n) is 9.24. The fraction of sp³-hybridized carbons (Fsp3) is 0.545. The Morgan fingerprint density at radius 2 is 2.06 bits per heavy atom.